The Hall–Kier alpha value is -1.42. The number of methoxy groups -OCH3 is 1. The molecule has 0 atom stereocenters. The highest BCUT2D eigenvalue weighted by Crippen LogP contribution is 2.43. The van der Waals surface area contributed by atoms with Gasteiger partial charge in [-0.15, -0.1) is 0 Å². The highest BCUT2D eigenvalue weighted by molar-refractivity contribution is 5.76. The standard InChI is InChI=1S/C13H21N3O/c1-13(2)8-16(4-5-17-3)12-7-11(15)10(14)6-9(12)13/h6-7H,4-5,8,14-15H2,1-3H3. The lowest BCUT2D eigenvalue weighted by Crippen LogP contribution is -2.31. The topological polar surface area (TPSA) is 64.5 Å². The van der Waals surface area contributed by atoms with Gasteiger partial charge in [-0.3, -0.25) is 0 Å². The summed E-state index contributed by atoms with van der Waals surface area (Å²) < 4.78 is 5.14. The van der Waals surface area contributed by atoms with E-state index in [4.69, 9.17) is 16.2 Å². The van der Waals surface area contributed by atoms with Gasteiger partial charge in [0, 0.05) is 31.3 Å². The van der Waals surface area contributed by atoms with Crippen LogP contribution in [0.3, 0.4) is 0 Å². The van der Waals surface area contributed by atoms with Crippen molar-refractivity contribution in [1.29, 1.82) is 0 Å². The van der Waals surface area contributed by atoms with Gasteiger partial charge in [-0.25, -0.2) is 0 Å². The van der Waals surface area contributed by atoms with E-state index in [1.54, 1.807) is 7.11 Å². The monoisotopic (exact) mass is 235 g/mol. The first-order valence-corrected chi connectivity index (χ1v) is 5.89. The normalized spacial score (nSPS) is 17.2. The van der Waals surface area contributed by atoms with Gasteiger partial charge in [0.05, 0.1) is 18.0 Å². The van der Waals surface area contributed by atoms with Gasteiger partial charge in [0.1, 0.15) is 0 Å². The molecule has 1 aliphatic heterocycles. The third kappa shape index (κ3) is 2.05. The number of nitrogen functional groups attached to an aromatic ring is 2. The van der Waals surface area contributed by atoms with Crippen molar-refractivity contribution in [2.75, 3.05) is 43.2 Å². The number of ether oxygens (including phenoxy) is 1. The maximum Gasteiger partial charge on any atom is 0.0637 e. The van der Waals surface area contributed by atoms with Gasteiger partial charge < -0.3 is 21.1 Å². The van der Waals surface area contributed by atoms with Crippen LogP contribution < -0.4 is 16.4 Å². The molecule has 1 aromatic rings. The highest BCUT2D eigenvalue weighted by Gasteiger charge is 2.35. The molecule has 0 aromatic heterocycles. The summed E-state index contributed by atoms with van der Waals surface area (Å²) in [6.45, 7) is 7.05. The number of rotatable bonds is 3. The zero-order chi connectivity index (χ0) is 12.6. The molecule has 0 aliphatic carbocycles. The van der Waals surface area contributed by atoms with Crippen molar-refractivity contribution in [3.8, 4) is 0 Å². The van der Waals surface area contributed by atoms with Crippen LogP contribution in [-0.4, -0.2) is 26.8 Å². The smallest absolute Gasteiger partial charge is 0.0637 e. The number of nitrogens with two attached hydrogens (primary N) is 2. The largest absolute Gasteiger partial charge is 0.397 e. The molecule has 0 radical (unpaired) electrons. The van der Waals surface area contributed by atoms with Crippen LogP contribution in [0, 0.1) is 0 Å². The average Bonchev–Trinajstić information content (AvgIpc) is 2.49. The SMILES string of the molecule is COCCN1CC(C)(C)c2cc(N)c(N)cc21. The molecule has 4 nitrogen and oxygen atoms in total. The Bertz CT molecular complexity index is 429. The molecule has 0 amide bonds. The molecule has 1 aliphatic rings. The second-order valence-electron chi connectivity index (χ2n) is 5.30. The van der Waals surface area contributed by atoms with Crippen molar-refractivity contribution in [2.24, 2.45) is 0 Å². The van der Waals surface area contributed by atoms with Crippen molar-refractivity contribution in [3.05, 3.63) is 17.7 Å². The molecule has 4 heteroatoms. The molecule has 4 N–H and O–H groups in total. The molecule has 17 heavy (non-hydrogen) atoms. The first-order chi connectivity index (χ1) is 7.95. The number of hydrogen-bond donors (Lipinski definition) is 2. The fourth-order valence-corrected chi connectivity index (χ4v) is 2.47. The molecule has 0 saturated heterocycles. The molecule has 0 fully saturated rings. The van der Waals surface area contributed by atoms with Crippen LogP contribution in [0.4, 0.5) is 17.1 Å². The lowest BCUT2D eigenvalue weighted by molar-refractivity contribution is 0.205. The minimum atomic E-state index is 0.116. The van der Waals surface area contributed by atoms with E-state index in [1.807, 2.05) is 12.1 Å². The van der Waals surface area contributed by atoms with Crippen LogP contribution >= 0.6 is 0 Å². The highest BCUT2D eigenvalue weighted by atomic mass is 16.5. The number of fused-ring (bicyclic) bond motifs is 1. The predicted molar refractivity (Wildman–Crippen MR) is 72.4 cm³/mol. The minimum Gasteiger partial charge on any atom is -0.397 e. The summed E-state index contributed by atoms with van der Waals surface area (Å²) in [4.78, 5) is 2.31. The van der Waals surface area contributed by atoms with Gasteiger partial charge in [-0.2, -0.15) is 0 Å². The Morgan fingerprint density at radius 3 is 2.59 bits per heavy atom. The van der Waals surface area contributed by atoms with Crippen LogP contribution in [0.1, 0.15) is 19.4 Å². The Morgan fingerprint density at radius 2 is 1.94 bits per heavy atom. The molecule has 0 saturated carbocycles. The number of benzene rings is 1. The molecule has 1 heterocycles. The van der Waals surface area contributed by atoms with Gasteiger partial charge in [-0.1, -0.05) is 13.8 Å². The van der Waals surface area contributed by atoms with Gasteiger partial charge in [0.15, 0.2) is 0 Å². The van der Waals surface area contributed by atoms with Gasteiger partial charge >= 0.3 is 0 Å². The number of hydrogen-bond acceptors (Lipinski definition) is 4. The molecule has 0 unspecified atom stereocenters. The molecule has 2 rings (SSSR count). The number of nitrogens with zero attached hydrogens (tertiary/aromatic N) is 1. The van der Waals surface area contributed by atoms with Gasteiger partial charge in [0.25, 0.3) is 0 Å². The quantitative estimate of drug-likeness (QED) is 0.781. The van der Waals surface area contributed by atoms with Gasteiger partial charge in [0.2, 0.25) is 0 Å². The Kier molecular flexibility index (Phi) is 2.91. The molecule has 0 spiro atoms. The summed E-state index contributed by atoms with van der Waals surface area (Å²) in [5.74, 6) is 0. The van der Waals surface area contributed by atoms with Gasteiger partial charge in [-0.05, 0) is 17.7 Å². The first-order valence-electron chi connectivity index (χ1n) is 5.89. The first kappa shape index (κ1) is 12.0. The lowest BCUT2D eigenvalue weighted by atomic mass is 9.86. The van der Waals surface area contributed by atoms with E-state index >= 15 is 0 Å². The summed E-state index contributed by atoms with van der Waals surface area (Å²) in [7, 11) is 1.72. The zero-order valence-corrected chi connectivity index (χ0v) is 10.8. The van der Waals surface area contributed by atoms with Crippen molar-refractivity contribution >= 4 is 17.1 Å². The molecular weight excluding hydrogens is 214 g/mol. The summed E-state index contributed by atoms with van der Waals surface area (Å²) in [5.41, 5.74) is 15.7. The Balaban J connectivity index is 2.39. The van der Waals surface area contributed by atoms with E-state index in [0.717, 1.165) is 19.7 Å². The molecule has 1 aromatic carbocycles. The van der Waals surface area contributed by atoms with Crippen LogP contribution in [0.5, 0.6) is 0 Å². The summed E-state index contributed by atoms with van der Waals surface area (Å²) >= 11 is 0. The fraction of sp³-hybridized carbons (Fsp3) is 0.538. The van der Waals surface area contributed by atoms with Crippen LogP contribution in [0.25, 0.3) is 0 Å². The van der Waals surface area contributed by atoms with Crippen molar-refractivity contribution in [1.82, 2.24) is 0 Å². The summed E-state index contributed by atoms with van der Waals surface area (Å²) in [6, 6.07) is 3.99. The second-order valence-corrected chi connectivity index (χ2v) is 5.30. The maximum absolute atomic E-state index is 5.89. The third-order valence-corrected chi connectivity index (χ3v) is 3.42. The van der Waals surface area contributed by atoms with Crippen molar-refractivity contribution in [2.45, 2.75) is 19.3 Å². The van der Waals surface area contributed by atoms with E-state index in [1.165, 1.54) is 11.3 Å². The van der Waals surface area contributed by atoms with E-state index < -0.39 is 0 Å². The van der Waals surface area contributed by atoms with Crippen LogP contribution in [0.15, 0.2) is 12.1 Å². The van der Waals surface area contributed by atoms with Crippen LogP contribution in [0.2, 0.25) is 0 Å². The van der Waals surface area contributed by atoms with E-state index in [9.17, 15) is 0 Å². The predicted octanol–water partition coefficient (Wildman–Crippen LogP) is 1.59. The van der Waals surface area contributed by atoms with E-state index in [0.29, 0.717) is 11.4 Å². The average molecular weight is 235 g/mol. The summed E-state index contributed by atoms with van der Waals surface area (Å²) in [5, 5.41) is 0. The fourth-order valence-electron chi connectivity index (χ4n) is 2.47. The van der Waals surface area contributed by atoms with E-state index in [-0.39, 0.29) is 5.41 Å². The van der Waals surface area contributed by atoms with Crippen molar-refractivity contribution in [3.63, 3.8) is 0 Å². The molecule has 0 bridgehead atoms. The zero-order valence-electron chi connectivity index (χ0n) is 10.8. The van der Waals surface area contributed by atoms with Crippen LogP contribution in [-0.2, 0) is 10.2 Å². The third-order valence-electron chi connectivity index (χ3n) is 3.42. The second kappa shape index (κ2) is 4.11. The summed E-state index contributed by atoms with van der Waals surface area (Å²) in [6.07, 6.45) is 0. The lowest BCUT2D eigenvalue weighted by Gasteiger charge is -2.21. The Labute approximate surface area is 103 Å². The molecular formula is C13H21N3O. The molecule has 94 valence electrons. The van der Waals surface area contributed by atoms with Crippen molar-refractivity contribution < 1.29 is 4.74 Å². The Morgan fingerprint density at radius 1 is 1.29 bits per heavy atom. The number of anilines is 3. The van der Waals surface area contributed by atoms with E-state index in [2.05, 4.69) is 18.7 Å². The maximum atomic E-state index is 5.89. The minimum absolute atomic E-state index is 0.116.